The number of sulfone groups is 1. The summed E-state index contributed by atoms with van der Waals surface area (Å²) in [6, 6.07) is 8.10. The molecule has 30 heavy (non-hydrogen) atoms. The molecular formula is C20H22N6O3S. The van der Waals surface area contributed by atoms with Crippen LogP contribution in [0.3, 0.4) is 0 Å². The highest BCUT2D eigenvalue weighted by Crippen LogP contribution is 2.28. The van der Waals surface area contributed by atoms with Gasteiger partial charge in [-0.25, -0.2) is 8.42 Å². The summed E-state index contributed by atoms with van der Waals surface area (Å²) < 4.78 is 29.8. The largest absolute Gasteiger partial charge is 0.345 e. The van der Waals surface area contributed by atoms with Crippen LogP contribution in [0.4, 0.5) is 0 Å². The summed E-state index contributed by atoms with van der Waals surface area (Å²) in [5.74, 6) is -0.355. The zero-order valence-electron chi connectivity index (χ0n) is 17.1. The lowest BCUT2D eigenvalue weighted by Gasteiger charge is -2.07. The van der Waals surface area contributed by atoms with E-state index in [0.717, 1.165) is 16.9 Å². The molecule has 1 aromatic carbocycles. The van der Waals surface area contributed by atoms with Gasteiger partial charge in [0.25, 0.3) is 5.91 Å². The molecule has 0 saturated carbocycles. The molecule has 0 spiro atoms. The number of benzene rings is 1. The fourth-order valence-electron chi connectivity index (χ4n) is 3.47. The summed E-state index contributed by atoms with van der Waals surface area (Å²) in [7, 11) is -0.316. The third-order valence-electron chi connectivity index (χ3n) is 5.26. The van der Waals surface area contributed by atoms with Crippen LogP contribution in [0.2, 0.25) is 0 Å². The predicted molar refractivity (Wildman–Crippen MR) is 111 cm³/mol. The highest BCUT2D eigenvalue weighted by molar-refractivity contribution is 7.91. The van der Waals surface area contributed by atoms with Crippen molar-refractivity contribution in [2.75, 3.05) is 0 Å². The van der Waals surface area contributed by atoms with Crippen molar-refractivity contribution in [2.24, 2.45) is 14.1 Å². The fourth-order valence-corrected chi connectivity index (χ4v) is 5.04. The number of aryl methyl sites for hydroxylation is 2. The second-order valence-corrected chi connectivity index (χ2v) is 9.16. The zero-order chi connectivity index (χ0) is 21.6. The van der Waals surface area contributed by atoms with Crippen LogP contribution in [0, 0.1) is 13.8 Å². The molecule has 0 atom stereocenters. The van der Waals surface area contributed by atoms with Crippen LogP contribution in [0.5, 0.6) is 0 Å². The van der Waals surface area contributed by atoms with Crippen LogP contribution in [-0.2, 0) is 30.5 Å². The van der Waals surface area contributed by atoms with Crippen LogP contribution in [0.25, 0.3) is 10.9 Å². The molecule has 156 valence electrons. The zero-order valence-corrected chi connectivity index (χ0v) is 17.9. The van der Waals surface area contributed by atoms with Crippen LogP contribution < -0.4 is 5.32 Å². The second-order valence-electron chi connectivity index (χ2n) is 7.24. The first-order chi connectivity index (χ1) is 14.2. The van der Waals surface area contributed by atoms with Gasteiger partial charge in [0.15, 0.2) is 0 Å². The Labute approximate surface area is 173 Å². The quantitative estimate of drug-likeness (QED) is 0.507. The average molecular weight is 427 g/mol. The van der Waals surface area contributed by atoms with E-state index in [1.54, 1.807) is 41.5 Å². The Bertz CT molecular complexity index is 1380. The van der Waals surface area contributed by atoms with E-state index in [2.05, 4.69) is 20.6 Å². The minimum Gasteiger partial charge on any atom is -0.345 e. The van der Waals surface area contributed by atoms with Gasteiger partial charge in [0.2, 0.25) is 9.84 Å². The molecule has 4 aromatic rings. The lowest BCUT2D eigenvalue weighted by Crippen LogP contribution is -2.26. The number of hydrogen-bond acceptors (Lipinski definition) is 5. The Morgan fingerprint density at radius 1 is 1.17 bits per heavy atom. The molecule has 9 nitrogen and oxygen atoms in total. The first-order valence-corrected chi connectivity index (χ1v) is 10.8. The molecule has 0 aliphatic carbocycles. The van der Waals surface area contributed by atoms with Gasteiger partial charge < -0.3 is 9.88 Å². The minimum atomic E-state index is -3.80. The molecule has 2 N–H and O–H groups in total. The molecule has 3 aromatic heterocycles. The number of aromatic nitrogens is 5. The molecule has 4 rings (SSSR count). The van der Waals surface area contributed by atoms with Crippen molar-refractivity contribution in [2.45, 2.75) is 30.2 Å². The first-order valence-electron chi connectivity index (χ1n) is 9.30. The Kier molecular flexibility index (Phi) is 4.73. The van der Waals surface area contributed by atoms with E-state index in [-0.39, 0.29) is 21.4 Å². The minimum absolute atomic E-state index is 0.106. The maximum absolute atomic E-state index is 13.2. The molecule has 10 heteroatoms. The Hall–Kier alpha value is -3.40. The number of amides is 1. The number of aromatic amines is 1. The van der Waals surface area contributed by atoms with Crippen molar-refractivity contribution in [3.8, 4) is 0 Å². The van der Waals surface area contributed by atoms with Crippen molar-refractivity contribution in [3.63, 3.8) is 0 Å². The van der Waals surface area contributed by atoms with Crippen molar-refractivity contribution in [3.05, 3.63) is 59.3 Å². The number of carbonyl (C=O) groups excluding carboxylic acids is 1. The van der Waals surface area contributed by atoms with Gasteiger partial charge in [0.05, 0.1) is 39.4 Å². The van der Waals surface area contributed by atoms with Crippen molar-refractivity contribution in [1.82, 2.24) is 29.9 Å². The summed E-state index contributed by atoms with van der Waals surface area (Å²) in [4.78, 5) is 13.0. The third-order valence-corrected chi connectivity index (χ3v) is 7.13. The summed E-state index contributed by atoms with van der Waals surface area (Å²) in [6.45, 7) is 3.86. The number of nitrogens with zero attached hydrogens (tertiary/aromatic N) is 4. The lowest BCUT2D eigenvalue weighted by molar-refractivity contribution is 0.0941. The van der Waals surface area contributed by atoms with E-state index in [1.165, 1.54) is 12.1 Å². The first kappa shape index (κ1) is 19.9. The number of fused-ring (bicyclic) bond motifs is 1. The maximum atomic E-state index is 13.2. The van der Waals surface area contributed by atoms with Crippen LogP contribution in [0.1, 0.15) is 27.6 Å². The monoisotopic (exact) mass is 426 g/mol. The van der Waals surface area contributed by atoms with Gasteiger partial charge in [0.1, 0.15) is 5.69 Å². The molecular weight excluding hydrogens is 404 g/mol. The third kappa shape index (κ3) is 3.28. The van der Waals surface area contributed by atoms with Crippen LogP contribution in [-0.4, -0.2) is 38.9 Å². The van der Waals surface area contributed by atoms with Gasteiger partial charge in [-0.15, -0.1) is 0 Å². The molecule has 3 heterocycles. The number of rotatable bonds is 5. The van der Waals surface area contributed by atoms with Gasteiger partial charge in [-0.3, -0.25) is 14.6 Å². The topological polar surface area (TPSA) is 115 Å². The molecule has 0 radical (unpaired) electrons. The molecule has 0 aliphatic rings. The van der Waals surface area contributed by atoms with Gasteiger partial charge in [-0.05, 0) is 44.2 Å². The van der Waals surface area contributed by atoms with E-state index >= 15 is 0 Å². The summed E-state index contributed by atoms with van der Waals surface area (Å²) in [5, 5.41) is 14.5. The van der Waals surface area contributed by atoms with E-state index in [4.69, 9.17) is 0 Å². The maximum Gasteiger partial charge on any atom is 0.268 e. The number of H-pyrrole nitrogens is 1. The molecule has 0 bridgehead atoms. The van der Waals surface area contributed by atoms with Crippen molar-refractivity contribution >= 4 is 26.6 Å². The molecule has 1 amide bonds. The molecule has 0 saturated heterocycles. The highest BCUT2D eigenvalue weighted by atomic mass is 32.2. The number of carbonyl (C=O) groups is 1. The van der Waals surface area contributed by atoms with Crippen LogP contribution in [0.15, 0.2) is 46.3 Å². The number of nitrogens with one attached hydrogen (secondary N) is 2. The summed E-state index contributed by atoms with van der Waals surface area (Å²) >= 11 is 0. The number of hydrogen-bond donors (Lipinski definition) is 2. The fraction of sp³-hybridized carbons (Fsp3) is 0.250. The lowest BCUT2D eigenvalue weighted by atomic mass is 10.3. The smallest absolute Gasteiger partial charge is 0.268 e. The van der Waals surface area contributed by atoms with Gasteiger partial charge in [-0.1, -0.05) is 0 Å². The molecule has 0 aliphatic heterocycles. The molecule has 0 unspecified atom stereocenters. The van der Waals surface area contributed by atoms with E-state index in [9.17, 15) is 13.2 Å². The Morgan fingerprint density at radius 2 is 1.93 bits per heavy atom. The van der Waals surface area contributed by atoms with Gasteiger partial charge in [-0.2, -0.15) is 10.2 Å². The van der Waals surface area contributed by atoms with E-state index in [1.807, 2.05) is 20.0 Å². The predicted octanol–water partition coefficient (Wildman–Crippen LogP) is 2.01. The average Bonchev–Trinajstić information content (AvgIpc) is 3.38. The van der Waals surface area contributed by atoms with Gasteiger partial charge in [0, 0.05) is 25.2 Å². The van der Waals surface area contributed by atoms with Gasteiger partial charge >= 0.3 is 0 Å². The van der Waals surface area contributed by atoms with Crippen LogP contribution >= 0.6 is 0 Å². The van der Waals surface area contributed by atoms with Crippen molar-refractivity contribution < 1.29 is 13.2 Å². The van der Waals surface area contributed by atoms with E-state index < -0.39 is 9.84 Å². The summed E-state index contributed by atoms with van der Waals surface area (Å²) in [5.41, 5.74) is 3.23. The Morgan fingerprint density at radius 3 is 2.63 bits per heavy atom. The Balaban J connectivity index is 1.64. The second kappa shape index (κ2) is 7.13. The van der Waals surface area contributed by atoms with E-state index in [0.29, 0.717) is 17.6 Å². The SMILES string of the molecule is Cc1cc(CNC(=O)c2cc(S(=O)(=O)c3ccc4[nH]ncc4c3)c(C)n2C)n(C)n1. The van der Waals surface area contributed by atoms with Crippen molar-refractivity contribution in [1.29, 1.82) is 0 Å². The summed E-state index contributed by atoms with van der Waals surface area (Å²) in [6.07, 6.45) is 1.57. The highest BCUT2D eigenvalue weighted by Gasteiger charge is 2.26. The molecule has 0 fully saturated rings. The standard InChI is InChI=1S/C20H22N6O3S/c1-12-7-15(26(4)24-12)11-21-20(27)18-9-19(13(2)25(18)3)30(28,29)16-5-6-17-14(8-16)10-22-23-17/h5-10H,11H2,1-4H3,(H,21,27)(H,22,23). The normalized spacial score (nSPS) is 11.9.